The van der Waals surface area contributed by atoms with Gasteiger partial charge in [-0.05, 0) is 12.1 Å². The smallest absolute Gasteiger partial charge is 0.339 e. The van der Waals surface area contributed by atoms with Crippen molar-refractivity contribution in [3.63, 3.8) is 0 Å². The number of benzene rings is 1. The van der Waals surface area contributed by atoms with E-state index in [4.69, 9.17) is 20.9 Å². The van der Waals surface area contributed by atoms with E-state index in [9.17, 15) is 13.2 Å². The lowest BCUT2D eigenvalue weighted by atomic mass is 10.2. The molecule has 0 aliphatic heterocycles. The third-order valence-corrected chi connectivity index (χ3v) is 2.83. The van der Waals surface area contributed by atoms with Crippen LogP contribution in [0, 0.1) is 0 Å². The van der Waals surface area contributed by atoms with Crippen LogP contribution in [0.5, 0.6) is 5.75 Å². The van der Waals surface area contributed by atoms with Crippen LogP contribution in [0.1, 0.15) is 10.4 Å². The molecule has 7 heteroatoms. The molecule has 0 saturated carbocycles. The second-order valence-electron chi connectivity index (χ2n) is 2.42. The lowest BCUT2D eigenvalue weighted by Gasteiger charge is -2.00. The van der Waals surface area contributed by atoms with Gasteiger partial charge in [-0.2, -0.15) is 0 Å². The van der Waals surface area contributed by atoms with Gasteiger partial charge in [0.05, 0.1) is 4.90 Å². The first kappa shape index (κ1) is 10.8. The van der Waals surface area contributed by atoms with Gasteiger partial charge < -0.3 is 10.2 Å². The molecule has 1 aromatic carbocycles. The van der Waals surface area contributed by atoms with Crippen molar-refractivity contribution in [3.05, 3.63) is 23.8 Å². The van der Waals surface area contributed by atoms with Crippen molar-refractivity contribution < 1.29 is 23.4 Å². The molecule has 0 aliphatic rings. The van der Waals surface area contributed by atoms with Gasteiger partial charge in [0.15, 0.2) is 0 Å². The molecule has 0 bridgehead atoms. The molecule has 76 valence electrons. The highest BCUT2D eigenvalue weighted by atomic mass is 35.7. The van der Waals surface area contributed by atoms with Gasteiger partial charge in [-0.1, -0.05) is 0 Å². The van der Waals surface area contributed by atoms with E-state index in [0.717, 1.165) is 18.2 Å². The molecule has 2 N–H and O–H groups in total. The van der Waals surface area contributed by atoms with Crippen LogP contribution < -0.4 is 0 Å². The number of carboxylic acid groups (broad SMARTS) is 1. The number of hydrogen-bond donors (Lipinski definition) is 2. The van der Waals surface area contributed by atoms with Gasteiger partial charge in [-0.25, -0.2) is 13.2 Å². The number of aromatic hydroxyl groups is 1. The van der Waals surface area contributed by atoms with E-state index in [1.54, 1.807) is 0 Å². The number of carbonyl (C=O) groups is 1. The maximum Gasteiger partial charge on any atom is 0.339 e. The Labute approximate surface area is 84.0 Å². The highest BCUT2D eigenvalue weighted by Gasteiger charge is 2.15. The number of carboxylic acids is 1. The van der Waals surface area contributed by atoms with Crippen LogP contribution in [0.2, 0.25) is 0 Å². The SMILES string of the molecule is O=C(O)c1ccc(S(=O)(=O)Cl)cc1O. The van der Waals surface area contributed by atoms with Crippen molar-refractivity contribution >= 4 is 25.7 Å². The zero-order valence-electron chi connectivity index (χ0n) is 6.64. The van der Waals surface area contributed by atoms with E-state index in [1.807, 2.05) is 0 Å². The molecule has 0 aromatic heterocycles. The summed E-state index contributed by atoms with van der Waals surface area (Å²) in [4.78, 5) is 10.1. The van der Waals surface area contributed by atoms with Gasteiger partial charge in [-0.15, -0.1) is 0 Å². The Morgan fingerprint density at radius 3 is 2.29 bits per heavy atom. The van der Waals surface area contributed by atoms with Crippen molar-refractivity contribution in [2.75, 3.05) is 0 Å². The Bertz CT molecular complexity index is 479. The zero-order chi connectivity index (χ0) is 10.9. The monoisotopic (exact) mass is 236 g/mol. The minimum absolute atomic E-state index is 0.346. The molecule has 0 atom stereocenters. The van der Waals surface area contributed by atoms with Gasteiger partial charge in [-0.3, -0.25) is 0 Å². The molecule has 0 spiro atoms. The highest BCUT2D eigenvalue weighted by molar-refractivity contribution is 8.13. The molecule has 5 nitrogen and oxygen atoms in total. The quantitative estimate of drug-likeness (QED) is 0.748. The second kappa shape index (κ2) is 3.47. The fourth-order valence-electron chi connectivity index (χ4n) is 0.844. The zero-order valence-corrected chi connectivity index (χ0v) is 8.21. The van der Waals surface area contributed by atoms with Crippen LogP contribution in [0.15, 0.2) is 23.1 Å². The summed E-state index contributed by atoms with van der Waals surface area (Å²) in [5.74, 6) is -1.99. The number of phenols is 1. The fraction of sp³-hybridized carbons (Fsp3) is 0. The summed E-state index contributed by atoms with van der Waals surface area (Å²) in [6, 6.07) is 2.75. The molecule has 14 heavy (non-hydrogen) atoms. The molecular formula is C7H5ClO5S. The lowest BCUT2D eigenvalue weighted by molar-refractivity contribution is 0.0693. The summed E-state index contributed by atoms with van der Waals surface area (Å²) in [7, 11) is 1.03. The van der Waals surface area contributed by atoms with Crippen LogP contribution in [-0.2, 0) is 9.05 Å². The minimum atomic E-state index is -3.95. The molecule has 1 rings (SSSR count). The Kier molecular flexibility index (Phi) is 2.68. The van der Waals surface area contributed by atoms with Crippen molar-refractivity contribution in [3.8, 4) is 5.75 Å². The van der Waals surface area contributed by atoms with Gasteiger partial charge >= 0.3 is 5.97 Å². The molecule has 0 heterocycles. The number of aromatic carboxylic acids is 1. The normalized spacial score (nSPS) is 11.2. The first-order chi connectivity index (χ1) is 6.32. The van der Waals surface area contributed by atoms with Gasteiger partial charge in [0.2, 0.25) is 0 Å². The topological polar surface area (TPSA) is 91.7 Å². The number of rotatable bonds is 2. The Balaban J connectivity index is 3.34. The minimum Gasteiger partial charge on any atom is -0.507 e. The first-order valence-corrected chi connectivity index (χ1v) is 5.64. The third kappa shape index (κ3) is 2.15. The predicted molar refractivity (Wildman–Crippen MR) is 48.1 cm³/mol. The summed E-state index contributed by atoms with van der Waals surface area (Å²) < 4.78 is 21.5. The van der Waals surface area contributed by atoms with Crippen LogP contribution in [-0.4, -0.2) is 24.6 Å². The van der Waals surface area contributed by atoms with Crippen LogP contribution >= 0.6 is 10.7 Å². The molecule has 0 fully saturated rings. The summed E-state index contributed by atoms with van der Waals surface area (Å²) in [5.41, 5.74) is -0.380. The number of halogens is 1. The summed E-state index contributed by atoms with van der Waals surface area (Å²) in [6.07, 6.45) is 0. The number of hydrogen-bond acceptors (Lipinski definition) is 4. The van der Waals surface area contributed by atoms with E-state index in [-0.39, 0.29) is 10.5 Å². The Hall–Kier alpha value is -1.27. The lowest BCUT2D eigenvalue weighted by Crippen LogP contribution is -1.98. The van der Waals surface area contributed by atoms with Gasteiger partial charge in [0.25, 0.3) is 9.05 Å². The average molecular weight is 237 g/mol. The highest BCUT2D eigenvalue weighted by Crippen LogP contribution is 2.23. The molecule has 0 aliphatic carbocycles. The molecule has 0 radical (unpaired) electrons. The van der Waals surface area contributed by atoms with E-state index < -0.39 is 20.8 Å². The average Bonchev–Trinajstić information content (AvgIpc) is 2.01. The predicted octanol–water partition coefficient (Wildman–Crippen LogP) is 1.02. The van der Waals surface area contributed by atoms with E-state index in [0.29, 0.717) is 0 Å². The van der Waals surface area contributed by atoms with E-state index in [2.05, 4.69) is 0 Å². The maximum atomic E-state index is 10.8. The summed E-state index contributed by atoms with van der Waals surface area (Å²) in [5, 5.41) is 17.6. The second-order valence-corrected chi connectivity index (χ2v) is 4.99. The van der Waals surface area contributed by atoms with Gasteiger partial charge in [0, 0.05) is 16.7 Å². The maximum absolute atomic E-state index is 10.8. The Morgan fingerprint density at radius 1 is 1.36 bits per heavy atom. The van der Waals surface area contributed by atoms with Crippen molar-refractivity contribution in [2.45, 2.75) is 4.90 Å². The molecule has 0 unspecified atom stereocenters. The standard InChI is InChI=1S/C7H5ClO5S/c8-14(12,13)4-1-2-5(7(10)11)6(9)3-4/h1-3,9H,(H,10,11). The summed E-state index contributed by atoms with van der Waals surface area (Å²) in [6.45, 7) is 0. The first-order valence-electron chi connectivity index (χ1n) is 3.33. The molecule has 1 aromatic rings. The molecular weight excluding hydrogens is 232 g/mol. The fourth-order valence-corrected chi connectivity index (χ4v) is 1.61. The van der Waals surface area contributed by atoms with Gasteiger partial charge in [0.1, 0.15) is 11.3 Å². The van der Waals surface area contributed by atoms with E-state index >= 15 is 0 Å². The van der Waals surface area contributed by atoms with Crippen molar-refractivity contribution in [1.82, 2.24) is 0 Å². The molecule has 0 amide bonds. The third-order valence-electron chi connectivity index (χ3n) is 1.48. The Morgan fingerprint density at radius 2 is 1.93 bits per heavy atom. The van der Waals surface area contributed by atoms with E-state index in [1.165, 1.54) is 0 Å². The largest absolute Gasteiger partial charge is 0.507 e. The van der Waals surface area contributed by atoms with Crippen LogP contribution in [0.25, 0.3) is 0 Å². The summed E-state index contributed by atoms with van der Waals surface area (Å²) >= 11 is 0. The van der Waals surface area contributed by atoms with Crippen molar-refractivity contribution in [2.24, 2.45) is 0 Å². The van der Waals surface area contributed by atoms with Crippen LogP contribution in [0.4, 0.5) is 0 Å². The van der Waals surface area contributed by atoms with Crippen LogP contribution in [0.3, 0.4) is 0 Å². The van der Waals surface area contributed by atoms with Crippen molar-refractivity contribution in [1.29, 1.82) is 0 Å². The molecule has 0 saturated heterocycles.